The van der Waals surface area contributed by atoms with E-state index in [0.717, 1.165) is 115 Å². The molecule has 0 fully saturated rings. The zero-order chi connectivity index (χ0) is 52.9. The third-order valence-electron chi connectivity index (χ3n) is 12.1. The first-order valence-corrected chi connectivity index (χ1v) is 30.7. The van der Waals surface area contributed by atoms with Gasteiger partial charge in [-0.1, -0.05) is 195 Å². The lowest BCUT2D eigenvalue weighted by Gasteiger charge is -2.21. The lowest BCUT2D eigenvalue weighted by atomic mass is 10.00. The minimum Gasteiger partial charge on any atom is -0.462 e. The van der Waals surface area contributed by atoms with E-state index in [1.807, 2.05) is 0 Å². The Morgan fingerprint density at radius 1 is 0.394 bits per heavy atom. The van der Waals surface area contributed by atoms with E-state index in [1.165, 1.54) is 51.4 Å². The maximum Gasteiger partial charge on any atom is 0.472 e. The second-order valence-corrected chi connectivity index (χ2v) is 22.1. The second kappa shape index (κ2) is 46.6. The van der Waals surface area contributed by atoms with Crippen LogP contribution in [0.3, 0.4) is 0 Å². The third-order valence-corrected chi connectivity index (χ3v) is 14.0. The number of esters is 4. The molecule has 0 heterocycles. The number of carbonyl (C=O) groups excluding carboxylic acids is 4. The van der Waals surface area contributed by atoms with Crippen LogP contribution in [0.15, 0.2) is 0 Å². The van der Waals surface area contributed by atoms with Gasteiger partial charge in [0.05, 0.1) is 26.4 Å². The molecular formula is C52H100O17P2. The summed E-state index contributed by atoms with van der Waals surface area (Å²) in [6.45, 7) is 6.90. The van der Waals surface area contributed by atoms with Crippen LogP contribution in [0.1, 0.15) is 247 Å². The molecule has 0 aliphatic carbocycles. The fourth-order valence-electron chi connectivity index (χ4n) is 7.43. The Morgan fingerprint density at radius 3 is 1.00 bits per heavy atom. The second-order valence-electron chi connectivity index (χ2n) is 19.2. The molecule has 0 aliphatic rings. The molecule has 17 nitrogen and oxygen atoms in total. The molecule has 0 saturated heterocycles. The quantitative estimate of drug-likeness (QED) is 0.0222. The Balaban J connectivity index is 5.19. The van der Waals surface area contributed by atoms with Gasteiger partial charge in [-0.2, -0.15) is 0 Å². The molecule has 0 aromatic rings. The molecule has 0 radical (unpaired) electrons. The number of ether oxygens (including phenoxy) is 4. The number of hydrogen-bond acceptors (Lipinski definition) is 15. The molecule has 0 aromatic carbocycles. The minimum absolute atomic E-state index is 0.103. The van der Waals surface area contributed by atoms with Crippen molar-refractivity contribution in [1.82, 2.24) is 0 Å². The number of phosphoric acid groups is 2. The number of aliphatic hydroxyl groups excluding tert-OH is 1. The van der Waals surface area contributed by atoms with Crippen LogP contribution < -0.4 is 0 Å². The van der Waals surface area contributed by atoms with Gasteiger partial charge in [0.15, 0.2) is 12.2 Å². The van der Waals surface area contributed by atoms with Crippen LogP contribution in [-0.4, -0.2) is 96.7 Å². The fraction of sp³-hybridized carbons (Fsp3) is 0.923. The number of unbranched alkanes of at least 4 members (excludes halogenated alkanes) is 23. The van der Waals surface area contributed by atoms with E-state index in [0.29, 0.717) is 25.7 Å². The summed E-state index contributed by atoms with van der Waals surface area (Å²) < 4.78 is 67.1. The maximum atomic E-state index is 12.8. The highest BCUT2D eigenvalue weighted by Gasteiger charge is 2.30. The standard InChI is InChI=1S/C52H100O17P2/c1-6-10-13-16-18-20-26-31-36-50(55)63-42-48(69-52(57)38-33-28-23-22-25-29-34-45(5)9-4)44-67-71(60,61)65-40-46(53)39-64-70(58,59)66-43-47(41-62-49(54)35-30-24-15-12-8-3)68-51(56)37-32-27-21-19-17-14-11-7-2/h45-48,53H,6-44H2,1-5H3,(H,58,59)(H,60,61)/t45?,46-,47+,48+/m0/s1. The summed E-state index contributed by atoms with van der Waals surface area (Å²) in [5.41, 5.74) is 0. The van der Waals surface area contributed by atoms with E-state index in [4.69, 9.17) is 37.0 Å². The number of carbonyl (C=O) groups is 4. The van der Waals surface area contributed by atoms with Gasteiger partial charge in [0.25, 0.3) is 0 Å². The van der Waals surface area contributed by atoms with Gasteiger partial charge in [0, 0.05) is 25.7 Å². The van der Waals surface area contributed by atoms with Gasteiger partial charge in [0.2, 0.25) is 0 Å². The Morgan fingerprint density at radius 2 is 0.676 bits per heavy atom. The van der Waals surface area contributed by atoms with Crippen molar-refractivity contribution in [3.63, 3.8) is 0 Å². The van der Waals surface area contributed by atoms with E-state index in [1.54, 1.807) is 0 Å². The van der Waals surface area contributed by atoms with E-state index >= 15 is 0 Å². The van der Waals surface area contributed by atoms with Gasteiger partial charge in [-0.05, 0) is 31.6 Å². The van der Waals surface area contributed by atoms with Crippen LogP contribution in [0, 0.1) is 5.92 Å². The smallest absolute Gasteiger partial charge is 0.462 e. The normalized spacial score (nSPS) is 15.0. The van der Waals surface area contributed by atoms with Gasteiger partial charge in [-0.15, -0.1) is 0 Å². The van der Waals surface area contributed by atoms with Gasteiger partial charge in [-0.25, -0.2) is 9.13 Å². The van der Waals surface area contributed by atoms with Crippen LogP contribution in [0.25, 0.3) is 0 Å². The van der Waals surface area contributed by atoms with Crippen molar-refractivity contribution in [3.8, 4) is 0 Å². The largest absolute Gasteiger partial charge is 0.472 e. The van der Waals surface area contributed by atoms with Crippen LogP contribution in [0.2, 0.25) is 0 Å². The topological polar surface area (TPSA) is 237 Å². The maximum absolute atomic E-state index is 12.8. The molecule has 0 saturated carbocycles. The number of hydrogen-bond donors (Lipinski definition) is 3. The first kappa shape index (κ1) is 69.1. The summed E-state index contributed by atoms with van der Waals surface area (Å²) in [7, 11) is -9.85. The summed E-state index contributed by atoms with van der Waals surface area (Å²) in [5, 5.41) is 10.4. The Kier molecular flexibility index (Phi) is 45.3. The van der Waals surface area contributed by atoms with Crippen molar-refractivity contribution in [3.05, 3.63) is 0 Å². The van der Waals surface area contributed by atoms with Crippen molar-refractivity contribution >= 4 is 39.5 Å². The van der Waals surface area contributed by atoms with Gasteiger partial charge < -0.3 is 33.8 Å². The predicted molar refractivity (Wildman–Crippen MR) is 275 cm³/mol. The molecular weight excluding hydrogens is 959 g/mol. The van der Waals surface area contributed by atoms with Crippen molar-refractivity contribution in [2.45, 2.75) is 265 Å². The van der Waals surface area contributed by atoms with Crippen LogP contribution in [0.5, 0.6) is 0 Å². The Hall–Kier alpha value is -1.94. The Labute approximate surface area is 428 Å². The van der Waals surface area contributed by atoms with E-state index in [2.05, 4.69) is 34.6 Å². The molecule has 0 aromatic heterocycles. The number of rotatable bonds is 52. The summed E-state index contributed by atoms with van der Waals surface area (Å²) in [6, 6.07) is 0. The van der Waals surface area contributed by atoms with Crippen molar-refractivity contribution in [2.24, 2.45) is 5.92 Å². The van der Waals surface area contributed by atoms with Crippen LogP contribution in [0.4, 0.5) is 0 Å². The minimum atomic E-state index is -4.93. The lowest BCUT2D eigenvalue weighted by Crippen LogP contribution is -2.30. The molecule has 6 atom stereocenters. The molecule has 3 N–H and O–H groups in total. The molecule has 3 unspecified atom stereocenters. The molecule has 0 aliphatic heterocycles. The van der Waals surface area contributed by atoms with Gasteiger partial charge in [-0.3, -0.25) is 37.3 Å². The summed E-state index contributed by atoms with van der Waals surface area (Å²) >= 11 is 0. The van der Waals surface area contributed by atoms with E-state index in [9.17, 15) is 43.2 Å². The lowest BCUT2D eigenvalue weighted by molar-refractivity contribution is -0.161. The first-order chi connectivity index (χ1) is 34.1. The molecule has 0 bridgehead atoms. The van der Waals surface area contributed by atoms with Gasteiger partial charge in [0.1, 0.15) is 19.3 Å². The predicted octanol–water partition coefficient (Wildman–Crippen LogP) is 13.1. The monoisotopic (exact) mass is 1060 g/mol. The van der Waals surface area contributed by atoms with Crippen LogP contribution in [-0.2, 0) is 65.4 Å². The molecule has 0 spiro atoms. The van der Waals surface area contributed by atoms with Crippen LogP contribution >= 0.6 is 15.6 Å². The first-order valence-electron chi connectivity index (χ1n) is 27.7. The van der Waals surface area contributed by atoms with Gasteiger partial charge >= 0.3 is 39.5 Å². The molecule has 19 heteroatoms. The average Bonchev–Trinajstić information content (AvgIpc) is 3.34. The molecule has 71 heavy (non-hydrogen) atoms. The van der Waals surface area contributed by atoms with Crippen molar-refractivity contribution < 1.29 is 80.2 Å². The Bertz CT molecular complexity index is 1420. The number of aliphatic hydroxyl groups is 1. The highest BCUT2D eigenvalue weighted by Crippen LogP contribution is 2.45. The molecule has 0 rings (SSSR count). The number of phosphoric ester groups is 2. The fourth-order valence-corrected chi connectivity index (χ4v) is 9.01. The highest BCUT2D eigenvalue weighted by molar-refractivity contribution is 7.47. The van der Waals surface area contributed by atoms with E-state index in [-0.39, 0.29) is 25.7 Å². The highest BCUT2D eigenvalue weighted by atomic mass is 31.2. The third kappa shape index (κ3) is 46.3. The molecule has 420 valence electrons. The zero-order valence-corrected chi connectivity index (χ0v) is 46.6. The summed E-state index contributed by atoms with van der Waals surface area (Å²) in [4.78, 5) is 71.2. The summed E-state index contributed by atoms with van der Waals surface area (Å²) in [5.74, 6) is -1.45. The average molecular weight is 1060 g/mol. The zero-order valence-electron chi connectivity index (χ0n) is 44.8. The van der Waals surface area contributed by atoms with Crippen molar-refractivity contribution in [1.29, 1.82) is 0 Å². The van der Waals surface area contributed by atoms with Crippen molar-refractivity contribution in [2.75, 3.05) is 39.6 Å². The summed E-state index contributed by atoms with van der Waals surface area (Å²) in [6.07, 6.45) is 25.7. The SMILES string of the molecule is CCCCCCCCCCC(=O)OC[C@H](COP(=O)(O)OC[C@@H](O)COP(=O)(O)OC[C@@H](COC(=O)CCCCCCC)OC(=O)CCCCCCCCCC)OC(=O)CCCCCCCCC(C)CC. The molecule has 0 amide bonds. The van der Waals surface area contributed by atoms with E-state index < -0.39 is 97.5 Å².